The fraction of sp³-hybridized carbons (Fsp3) is 0.185. The number of carbonyl (C=O) groups excluding carboxylic acids is 1. The molecule has 1 atom stereocenters. The Kier molecular flexibility index (Phi) is 5.54. The third-order valence-corrected chi connectivity index (χ3v) is 6.98. The Bertz CT molecular complexity index is 1410. The van der Waals surface area contributed by atoms with Crippen LogP contribution in [0.3, 0.4) is 0 Å². The van der Waals surface area contributed by atoms with Gasteiger partial charge in [-0.25, -0.2) is 4.68 Å². The minimum absolute atomic E-state index is 0.0139. The van der Waals surface area contributed by atoms with Gasteiger partial charge in [-0.05, 0) is 60.0 Å². The van der Waals surface area contributed by atoms with Crippen molar-refractivity contribution in [1.82, 2.24) is 19.7 Å². The van der Waals surface area contributed by atoms with Crippen LogP contribution in [0.2, 0.25) is 0 Å². The zero-order valence-electron chi connectivity index (χ0n) is 19.0. The fourth-order valence-electron chi connectivity index (χ4n) is 4.72. The highest BCUT2D eigenvalue weighted by atomic mass is 79.9. The summed E-state index contributed by atoms with van der Waals surface area (Å²) in [5.74, 6) is -0.0139. The van der Waals surface area contributed by atoms with Crippen molar-refractivity contribution in [1.29, 1.82) is 0 Å². The van der Waals surface area contributed by atoms with E-state index in [1.807, 2.05) is 58.4 Å². The lowest BCUT2D eigenvalue weighted by Gasteiger charge is -2.23. The normalized spacial score (nSPS) is 17.2. The van der Waals surface area contributed by atoms with E-state index >= 15 is 0 Å². The van der Waals surface area contributed by atoms with Crippen LogP contribution >= 0.6 is 15.9 Å². The lowest BCUT2D eigenvalue weighted by molar-refractivity contribution is -0.128. The molecule has 0 aliphatic carbocycles. The molecule has 8 heteroatoms. The summed E-state index contributed by atoms with van der Waals surface area (Å²) < 4.78 is 8.86. The number of anilines is 1. The molecule has 1 saturated heterocycles. The van der Waals surface area contributed by atoms with Gasteiger partial charge >= 0.3 is 0 Å². The molecule has 176 valence electrons. The maximum absolute atomic E-state index is 12.9. The minimum atomic E-state index is -0.499. The van der Waals surface area contributed by atoms with E-state index in [2.05, 4.69) is 51.0 Å². The molecule has 0 radical (unpaired) electrons. The highest BCUT2D eigenvalue weighted by Crippen LogP contribution is 2.35. The summed E-state index contributed by atoms with van der Waals surface area (Å²) in [6.45, 7) is 4.65. The average Bonchev–Trinajstić information content (AvgIpc) is 3.63. The van der Waals surface area contributed by atoms with Crippen molar-refractivity contribution in [2.75, 3.05) is 18.5 Å². The van der Waals surface area contributed by atoms with Gasteiger partial charge in [0.15, 0.2) is 6.23 Å². The number of nitrogens with one attached hydrogen (secondary N) is 2. The lowest BCUT2D eigenvalue weighted by atomic mass is 10.1. The van der Waals surface area contributed by atoms with Gasteiger partial charge in [0, 0.05) is 46.8 Å². The highest BCUT2D eigenvalue weighted by Gasteiger charge is 2.36. The number of amides is 1. The Morgan fingerprint density at radius 3 is 2.83 bits per heavy atom. The predicted octanol–water partition coefficient (Wildman–Crippen LogP) is 5.21. The average molecular weight is 530 g/mol. The Hall–Kier alpha value is -3.62. The van der Waals surface area contributed by atoms with Crippen molar-refractivity contribution in [3.63, 3.8) is 0 Å². The van der Waals surface area contributed by atoms with Crippen LogP contribution in [0.15, 0.2) is 83.7 Å². The first-order chi connectivity index (χ1) is 17.0. The summed E-state index contributed by atoms with van der Waals surface area (Å²) in [5.41, 5.74) is 8.00. The van der Waals surface area contributed by atoms with Crippen molar-refractivity contribution < 1.29 is 9.53 Å². The first-order valence-corrected chi connectivity index (χ1v) is 12.3. The summed E-state index contributed by atoms with van der Waals surface area (Å²) in [6, 6.07) is 18.3. The van der Waals surface area contributed by atoms with Gasteiger partial charge < -0.3 is 19.9 Å². The van der Waals surface area contributed by atoms with Crippen LogP contribution in [0.1, 0.15) is 22.9 Å². The maximum Gasteiger partial charge on any atom is 0.250 e. The van der Waals surface area contributed by atoms with Crippen molar-refractivity contribution >= 4 is 27.5 Å². The van der Waals surface area contributed by atoms with Crippen molar-refractivity contribution in [2.45, 2.75) is 19.1 Å². The zero-order valence-corrected chi connectivity index (χ0v) is 20.6. The number of benzene rings is 2. The standard InChI is InChI=1S/C27H24BrN5O2/c1-17-13-19-14-18(4-9-23(19)30-17)10-12-32-25(34)16-35-27(32)22-15-33(21-7-5-20(28)6-8-21)31-26(22)24-3-2-11-29-24/h2-9,11,14-15,27,29-30H,1,10,12-13,16H2. The van der Waals surface area contributed by atoms with Gasteiger partial charge in [-0.1, -0.05) is 34.6 Å². The number of hydrogen-bond donors (Lipinski definition) is 2. The number of halogens is 1. The first-order valence-electron chi connectivity index (χ1n) is 11.5. The van der Waals surface area contributed by atoms with Crippen LogP contribution in [-0.2, 0) is 22.4 Å². The monoisotopic (exact) mass is 529 g/mol. The Morgan fingerprint density at radius 1 is 1.17 bits per heavy atom. The third kappa shape index (κ3) is 4.19. The molecular formula is C27H24BrN5O2. The molecule has 2 aliphatic rings. The van der Waals surface area contributed by atoms with Gasteiger partial charge in [0.05, 0.1) is 11.4 Å². The molecule has 1 unspecified atom stereocenters. The summed E-state index contributed by atoms with van der Waals surface area (Å²) in [5, 5.41) is 8.16. The number of rotatable bonds is 6. The topological polar surface area (TPSA) is 75.2 Å². The number of aromatic nitrogens is 3. The number of ether oxygens (including phenoxy) is 1. The fourth-order valence-corrected chi connectivity index (χ4v) is 4.98. The van der Waals surface area contributed by atoms with E-state index in [1.54, 1.807) is 0 Å². The van der Waals surface area contributed by atoms with Crippen LogP contribution in [0.5, 0.6) is 0 Å². The summed E-state index contributed by atoms with van der Waals surface area (Å²) in [6.07, 6.45) is 4.91. The van der Waals surface area contributed by atoms with E-state index in [4.69, 9.17) is 9.84 Å². The van der Waals surface area contributed by atoms with Gasteiger partial charge in [0.25, 0.3) is 5.91 Å². The number of hydrogen-bond acceptors (Lipinski definition) is 4. The van der Waals surface area contributed by atoms with Crippen molar-refractivity contribution in [3.8, 4) is 17.1 Å². The smallest absolute Gasteiger partial charge is 0.250 e. The number of nitrogens with zero attached hydrogens (tertiary/aromatic N) is 3. The summed E-state index contributed by atoms with van der Waals surface area (Å²) in [7, 11) is 0. The molecule has 4 heterocycles. The summed E-state index contributed by atoms with van der Waals surface area (Å²) >= 11 is 3.49. The molecular weight excluding hydrogens is 506 g/mol. The van der Waals surface area contributed by atoms with Crippen LogP contribution in [0, 0.1) is 0 Å². The molecule has 0 bridgehead atoms. The van der Waals surface area contributed by atoms with E-state index in [-0.39, 0.29) is 12.5 Å². The molecule has 2 N–H and O–H groups in total. The van der Waals surface area contributed by atoms with Gasteiger partial charge in [-0.3, -0.25) is 4.79 Å². The SMILES string of the molecule is C=C1Cc2cc(CCN3C(=O)COC3c3cn(-c4ccc(Br)cc4)nc3-c3ccc[nH]3)ccc2N1. The predicted molar refractivity (Wildman–Crippen MR) is 138 cm³/mol. The second-order valence-electron chi connectivity index (χ2n) is 8.84. The largest absolute Gasteiger partial charge is 0.360 e. The van der Waals surface area contributed by atoms with E-state index < -0.39 is 6.23 Å². The minimum Gasteiger partial charge on any atom is -0.360 e. The third-order valence-electron chi connectivity index (χ3n) is 6.45. The molecule has 7 nitrogen and oxygen atoms in total. The molecule has 2 aromatic carbocycles. The molecule has 2 aromatic heterocycles. The van der Waals surface area contributed by atoms with Gasteiger partial charge in [0.2, 0.25) is 0 Å². The second kappa shape index (κ2) is 8.87. The summed E-state index contributed by atoms with van der Waals surface area (Å²) in [4.78, 5) is 17.9. The molecule has 1 amide bonds. The Labute approximate surface area is 211 Å². The van der Waals surface area contributed by atoms with Crippen molar-refractivity contribution in [2.24, 2.45) is 0 Å². The Balaban J connectivity index is 1.30. The Morgan fingerprint density at radius 2 is 2.03 bits per heavy atom. The zero-order chi connectivity index (χ0) is 23.9. The molecule has 0 spiro atoms. The van der Waals surface area contributed by atoms with Crippen LogP contribution in [0.4, 0.5) is 5.69 Å². The van der Waals surface area contributed by atoms with Gasteiger partial charge in [-0.2, -0.15) is 5.10 Å². The van der Waals surface area contributed by atoms with Crippen LogP contribution < -0.4 is 5.32 Å². The van der Waals surface area contributed by atoms with E-state index in [9.17, 15) is 4.79 Å². The molecule has 6 rings (SSSR count). The highest BCUT2D eigenvalue weighted by molar-refractivity contribution is 9.10. The number of aromatic amines is 1. The van der Waals surface area contributed by atoms with E-state index in [0.717, 1.165) is 51.3 Å². The van der Waals surface area contributed by atoms with E-state index in [1.165, 1.54) is 11.1 Å². The second-order valence-corrected chi connectivity index (χ2v) is 9.75. The molecule has 35 heavy (non-hydrogen) atoms. The van der Waals surface area contributed by atoms with Crippen LogP contribution in [0.25, 0.3) is 17.1 Å². The van der Waals surface area contributed by atoms with Crippen molar-refractivity contribution in [3.05, 3.63) is 100 Å². The van der Waals surface area contributed by atoms with Gasteiger partial charge in [-0.15, -0.1) is 0 Å². The lowest BCUT2D eigenvalue weighted by Crippen LogP contribution is -2.30. The number of H-pyrrole nitrogens is 1. The number of allylic oxidation sites excluding steroid dienone is 1. The number of fused-ring (bicyclic) bond motifs is 1. The number of carbonyl (C=O) groups is 1. The quantitative estimate of drug-likeness (QED) is 0.359. The van der Waals surface area contributed by atoms with Crippen LogP contribution in [-0.4, -0.2) is 38.7 Å². The first kappa shape index (κ1) is 21.9. The maximum atomic E-state index is 12.9. The van der Waals surface area contributed by atoms with E-state index in [0.29, 0.717) is 6.54 Å². The van der Waals surface area contributed by atoms with Gasteiger partial charge in [0.1, 0.15) is 12.3 Å². The molecule has 1 fully saturated rings. The molecule has 0 saturated carbocycles. The molecule has 4 aromatic rings. The molecule has 2 aliphatic heterocycles.